The van der Waals surface area contributed by atoms with Gasteiger partial charge in [-0.2, -0.15) is 0 Å². The summed E-state index contributed by atoms with van der Waals surface area (Å²) in [4.78, 5) is 28.7. The number of rotatable bonds is 6. The fraction of sp³-hybridized carbons (Fsp3) is 0.125. The quantitative estimate of drug-likeness (QED) is 0.480. The number of hydrogen-bond donors (Lipinski definition) is 2. The van der Waals surface area contributed by atoms with Crippen LogP contribution in [-0.4, -0.2) is 21.2 Å². The van der Waals surface area contributed by atoms with Crippen LogP contribution < -0.4 is 15.4 Å². The fourth-order valence-electron chi connectivity index (χ4n) is 3.23. The summed E-state index contributed by atoms with van der Waals surface area (Å²) in [5.41, 5.74) is 1.94. The third-order valence-electron chi connectivity index (χ3n) is 4.99. The van der Waals surface area contributed by atoms with Gasteiger partial charge in [0.25, 0.3) is 5.91 Å². The molecule has 1 saturated carbocycles. The van der Waals surface area contributed by atoms with Gasteiger partial charge in [-0.05, 0) is 49.2 Å². The number of nitrogens with one attached hydrogen (secondary N) is 2. The normalized spacial score (nSPS) is 13.0. The molecular formula is C24H20N4O3. The van der Waals surface area contributed by atoms with Crippen molar-refractivity contribution < 1.29 is 14.3 Å². The molecule has 0 atom stereocenters. The second-order valence-electron chi connectivity index (χ2n) is 7.47. The molecule has 4 aromatic rings. The highest BCUT2D eigenvalue weighted by Gasteiger charge is 2.30. The Morgan fingerprint density at radius 3 is 2.55 bits per heavy atom. The number of hydrogen-bond acceptors (Lipinski definition) is 4. The number of benzene rings is 2. The number of carbonyl (C=O) groups is 2. The van der Waals surface area contributed by atoms with E-state index >= 15 is 0 Å². The minimum Gasteiger partial charge on any atom is -0.456 e. The number of amides is 2. The lowest BCUT2D eigenvalue weighted by Crippen LogP contribution is -2.13. The minimum atomic E-state index is -0.182. The van der Waals surface area contributed by atoms with Crippen LogP contribution in [0, 0.1) is 5.92 Å². The van der Waals surface area contributed by atoms with E-state index in [0.717, 1.165) is 12.8 Å². The van der Waals surface area contributed by atoms with E-state index < -0.39 is 0 Å². The maximum absolute atomic E-state index is 12.4. The highest BCUT2D eigenvalue weighted by atomic mass is 16.5. The van der Waals surface area contributed by atoms with Crippen molar-refractivity contribution in [1.82, 2.24) is 9.38 Å². The number of ether oxygens (including phenoxy) is 1. The number of anilines is 2. The summed E-state index contributed by atoms with van der Waals surface area (Å²) in [6.45, 7) is 0. The van der Waals surface area contributed by atoms with Gasteiger partial charge < -0.3 is 19.8 Å². The van der Waals surface area contributed by atoms with E-state index in [1.54, 1.807) is 35.0 Å². The molecule has 0 unspecified atom stereocenters. The molecule has 7 nitrogen and oxygen atoms in total. The van der Waals surface area contributed by atoms with Crippen LogP contribution >= 0.6 is 0 Å². The Balaban J connectivity index is 1.29. The maximum atomic E-state index is 12.4. The van der Waals surface area contributed by atoms with Crippen molar-refractivity contribution in [2.45, 2.75) is 12.8 Å². The summed E-state index contributed by atoms with van der Waals surface area (Å²) < 4.78 is 7.77. The molecule has 0 aliphatic heterocycles. The first-order valence-corrected chi connectivity index (χ1v) is 10.1. The molecule has 2 aromatic carbocycles. The lowest BCUT2D eigenvalue weighted by Gasteiger charge is -2.09. The molecule has 1 aliphatic rings. The van der Waals surface area contributed by atoms with Crippen molar-refractivity contribution in [3.63, 3.8) is 0 Å². The van der Waals surface area contributed by atoms with E-state index in [2.05, 4.69) is 15.6 Å². The standard InChI is InChI=1S/C24H20N4O3/c29-23(16-5-2-1-3-6-16)25-18-7-4-8-19(13-18)31-20-11-12-22-26-21(15-28(22)14-20)27-24(30)17-9-10-17/h1-8,11-15,17H,9-10H2,(H,25,29)(H,27,30). The van der Waals surface area contributed by atoms with Gasteiger partial charge in [-0.1, -0.05) is 24.3 Å². The molecule has 2 amide bonds. The SMILES string of the molecule is O=C(Nc1cccc(Oc2ccc3nc(NC(=O)C4CC4)cn3c2)c1)c1ccccc1. The van der Waals surface area contributed by atoms with Gasteiger partial charge in [-0.3, -0.25) is 9.59 Å². The molecule has 0 radical (unpaired) electrons. The monoisotopic (exact) mass is 412 g/mol. The summed E-state index contributed by atoms with van der Waals surface area (Å²) in [5.74, 6) is 1.69. The minimum absolute atomic E-state index is 0.0224. The first-order chi connectivity index (χ1) is 15.1. The molecule has 5 rings (SSSR count). The zero-order valence-electron chi connectivity index (χ0n) is 16.6. The molecule has 2 N–H and O–H groups in total. The molecular weight excluding hydrogens is 392 g/mol. The molecule has 154 valence electrons. The molecule has 0 spiro atoms. The Labute approximate surface area is 178 Å². The molecule has 1 fully saturated rings. The van der Waals surface area contributed by atoms with Crippen LogP contribution in [0.15, 0.2) is 79.1 Å². The van der Waals surface area contributed by atoms with Gasteiger partial charge in [0.05, 0.1) is 12.4 Å². The Bertz CT molecular complexity index is 1260. The summed E-state index contributed by atoms with van der Waals surface area (Å²) in [6.07, 6.45) is 5.45. The second kappa shape index (κ2) is 7.95. The average molecular weight is 412 g/mol. The van der Waals surface area contributed by atoms with Gasteiger partial charge in [0.1, 0.15) is 17.1 Å². The summed E-state index contributed by atoms with van der Waals surface area (Å²) >= 11 is 0. The van der Waals surface area contributed by atoms with Crippen LogP contribution in [0.5, 0.6) is 11.5 Å². The average Bonchev–Trinajstić information content (AvgIpc) is 3.55. The number of imidazole rings is 1. The first-order valence-electron chi connectivity index (χ1n) is 10.1. The van der Waals surface area contributed by atoms with E-state index in [1.807, 2.05) is 48.5 Å². The van der Waals surface area contributed by atoms with Crippen LogP contribution in [-0.2, 0) is 4.79 Å². The number of aromatic nitrogens is 2. The number of nitrogens with zero attached hydrogens (tertiary/aromatic N) is 2. The van der Waals surface area contributed by atoms with E-state index in [9.17, 15) is 9.59 Å². The highest BCUT2D eigenvalue weighted by molar-refractivity contribution is 6.04. The largest absolute Gasteiger partial charge is 0.456 e. The number of fused-ring (bicyclic) bond motifs is 1. The second-order valence-corrected chi connectivity index (χ2v) is 7.47. The summed E-state index contributed by atoms with van der Waals surface area (Å²) in [7, 11) is 0. The smallest absolute Gasteiger partial charge is 0.255 e. The van der Waals surface area contributed by atoms with E-state index in [-0.39, 0.29) is 17.7 Å². The number of carbonyl (C=O) groups excluding carboxylic acids is 2. The lowest BCUT2D eigenvalue weighted by atomic mass is 10.2. The zero-order chi connectivity index (χ0) is 21.2. The summed E-state index contributed by atoms with van der Waals surface area (Å²) in [5, 5.41) is 5.73. The summed E-state index contributed by atoms with van der Waals surface area (Å²) in [6, 6.07) is 19.9. The van der Waals surface area contributed by atoms with Crippen molar-refractivity contribution in [3.8, 4) is 11.5 Å². The Hall–Kier alpha value is -4.13. The van der Waals surface area contributed by atoms with Gasteiger partial charge in [-0.25, -0.2) is 4.98 Å². The van der Waals surface area contributed by atoms with Gasteiger partial charge in [0, 0.05) is 23.2 Å². The molecule has 0 bridgehead atoms. The Kier molecular flexibility index (Phi) is 4.84. The van der Waals surface area contributed by atoms with Crippen molar-refractivity contribution in [2.75, 3.05) is 10.6 Å². The predicted octanol–water partition coefficient (Wildman–Crippen LogP) is 4.73. The predicted molar refractivity (Wildman–Crippen MR) is 117 cm³/mol. The van der Waals surface area contributed by atoms with Gasteiger partial charge >= 0.3 is 0 Å². The zero-order valence-corrected chi connectivity index (χ0v) is 16.6. The third-order valence-corrected chi connectivity index (χ3v) is 4.99. The Morgan fingerprint density at radius 2 is 1.74 bits per heavy atom. The van der Waals surface area contributed by atoms with Crippen molar-refractivity contribution >= 4 is 29.0 Å². The van der Waals surface area contributed by atoms with Crippen molar-refractivity contribution in [3.05, 3.63) is 84.7 Å². The van der Waals surface area contributed by atoms with Crippen LogP contribution in [0.3, 0.4) is 0 Å². The lowest BCUT2D eigenvalue weighted by molar-refractivity contribution is -0.117. The van der Waals surface area contributed by atoms with Gasteiger partial charge in [0.2, 0.25) is 5.91 Å². The van der Waals surface area contributed by atoms with E-state index in [1.165, 1.54) is 0 Å². The molecule has 0 saturated heterocycles. The van der Waals surface area contributed by atoms with E-state index in [0.29, 0.717) is 34.2 Å². The molecule has 2 heterocycles. The Morgan fingerprint density at radius 1 is 0.903 bits per heavy atom. The van der Waals surface area contributed by atoms with Crippen molar-refractivity contribution in [1.29, 1.82) is 0 Å². The molecule has 2 aromatic heterocycles. The topological polar surface area (TPSA) is 84.7 Å². The van der Waals surface area contributed by atoms with Crippen LogP contribution in [0.25, 0.3) is 5.65 Å². The fourth-order valence-corrected chi connectivity index (χ4v) is 3.23. The maximum Gasteiger partial charge on any atom is 0.255 e. The van der Waals surface area contributed by atoms with Crippen molar-refractivity contribution in [2.24, 2.45) is 5.92 Å². The van der Waals surface area contributed by atoms with Crippen LogP contribution in [0.1, 0.15) is 23.2 Å². The van der Waals surface area contributed by atoms with Gasteiger partial charge in [0.15, 0.2) is 5.82 Å². The van der Waals surface area contributed by atoms with Crippen LogP contribution in [0.4, 0.5) is 11.5 Å². The van der Waals surface area contributed by atoms with Gasteiger partial charge in [-0.15, -0.1) is 0 Å². The molecule has 7 heteroatoms. The third kappa shape index (κ3) is 4.40. The highest BCUT2D eigenvalue weighted by Crippen LogP contribution is 2.30. The van der Waals surface area contributed by atoms with Crippen LogP contribution in [0.2, 0.25) is 0 Å². The molecule has 1 aliphatic carbocycles. The first kappa shape index (κ1) is 18.9. The number of pyridine rings is 1. The molecule has 31 heavy (non-hydrogen) atoms. The van der Waals surface area contributed by atoms with E-state index in [4.69, 9.17) is 4.74 Å².